The van der Waals surface area contributed by atoms with E-state index in [9.17, 15) is 9.59 Å². The monoisotopic (exact) mass is 400 g/mol. The molecule has 0 radical (unpaired) electrons. The van der Waals surface area contributed by atoms with Crippen molar-refractivity contribution in [1.29, 1.82) is 0 Å². The molecule has 3 aromatic carbocycles. The molecule has 0 unspecified atom stereocenters. The van der Waals surface area contributed by atoms with Crippen LogP contribution in [0, 0.1) is 12.8 Å². The summed E-state index contributed by atoms with van der Waals surface area (Å²) in [7, 11) is 0. The number of carbonyl (C=O) groups is 2. The first-order valence-electron chi connectivity index (χ1n) is 10.7. The van der Waals surface area contributed by atoms with Gasteiger partial charge in [-0.05, 0) is 47.2 Å². The van der Waals surface area contributed by atoms with E-state index in [1.165, 1.54) is 5.56 Å². The second kappa shape index (κ2) is 9.12. The molecule has 1 aliphatic heterocycles. The minimum absolute atomic E-state index is 0.0425. The highest BCUT2D eigenvalue weighted by Gasteiger charge is 2.28. The lowest BCUT2D eigenvalue weighted by atomic mass is 9.95. The van der Waals surface area contributed by atoms with Crippen molar-refractivity contribution < 1.29 is 9.59 Å². The van der Waals surface area contributed by atoms with Crippen LogP contribution in [-0.2, 0) is 22.6 Å². The molecule has 4 nitrogen and oxygen atoms in total. The lowest BCUT2D eigenvalue weighted by Gasteiger charge is -2.32. The Labute approximate surface area is 177 Å². The summed E-state index contributed by atoms with van der Waals surface area (Å²) in [6.45, 7) is 3.82. The summed E-state index contributed by atoms with van der Waals surface area (Å²) in [6, 6.07) is 22.3. The maximum atomic E-state index is 13.0. The summed E-state index contributed by atoms with van der Waals surface area (Å²) in [4.78, 5) is 27.6. The lowest BCUT2D eigenvalue weighted by Crippen LogP contribution is -2.45. The molecule has 4 rings (SSSR count). The smallest absolute Gasteiger partial charge is 0.227 e. The largest absolute Gasteiger partial charge is 0.352 e. The van der Waals surface area contributed by atoms with Gasteiger partial charge in [0, 0.05) is 19.6 Å². The zero-order valence-corrected chi connectivity index (χ0v) is 17.4. The maximum Gasteiger partial charge on any atom is 0.227 e. The van der Waals surface area contributed by atoms with Crippen LogP contribution in [0.4, 0.5) is 0 Å². The summed E-state index contributed by atoms with van der Waals surface area (Å²) in [5, 5.41) is 5.34. The van der Waals surface area contributed by atoms with Crippen LogP contribution >= 0.6 is 0 Å². The number of nitrogens with one attached hydrogen (secondary N) is 1. The van der Waals surface area contributed by atoms with E-state index in [2.05, 4.69) is 36.5 Å². The van der Waals surface area contributed by atoms with Gasteiger partial charge in [-0.2, -0.15) is 0 Å². The molecule has 0 spiro atoms. The third-order valence-electron chi connectivity index (χ3n) is 6.08. The number of aryl methyl sites for hydroxylation is 1. The van der Waals surface area contributed by atoms with Crippen LogP contribution in [0.3, 0.4) is 0 Å². The van der Waals surface area contributed by atoms with Gasteiger partial charge in [-0.15, -0.1) is 0 Å². The standard InChI is InChI=1S/C26H28N2O2/c1-19-8-2-3-10-22(19)17-27-26(30)23-13-7-15-28(18-23)25(29)16-21-12-6-11-20-9-4-5-14-24(20)21/h2-6,8-12,14,23H,7,13,15-18H2,1H3,(H,27,30)/t23-/m1/s1. The average Bonchev–Trinajstić information content (AvgIpc) is 2.78. The second-order valence-electron chi connectivity index (χ2n) is 8.14. The molecule has 154 valence electrons. The molecule has 0 aliphatic carbocycles. The fraction of sp³-hybridized carbons (Fsp3) is 0.308. The Morgan fingerprint density at radius 1 is 0.967 bits per heavy atom. The Hall–Kier alpha value is -3.14. The van der Waals surface area contributed by atoms with Crippen LogP contribution in [0.25, 0.3) is 10.8 Å². The molecular formula is C26H28N2O2. The van der Waals surface area contributed by atoms with Crippen molar-refractivity contribution in [3.63, 3.8) is 0 Å². The van der Waals surface area contributed by atoms with Gasteiger partial charge < -0.3 is 10.2 Å². The SMILES string of the molecule is Cc1ccccc1CNC(=O)[C@@H]1CCCN(C(=O)Cc2cccc3ccccc23)C1. The van der Waals surface area contributed by atoms with Crippen LogP contribution in [0.5, 0.6) is 0 Å². The highest BCUT2D eigenvalue weighted by atomic mass is 16.2. The molecule has 30 heavy (non-hydrogen) atoms. The first kappa shape index (κ1) is 20.1. The summed E-state index contributed by atoms with van der Waals surface area (Å²) in [6.07, 6.45) is 2.07. The molecule has 3 aromatic rings. The number of nitrogens with zero attached hydrogens (tertiary/aromatic N) is 1. The Kier molecular flexibility index (Phi) is 6.12. The highest BCUT2D eigenvalue weighted by molar-refractivity contribution is 5.90. The molecule has 0 saturated carbocycles. The number of amides is 2. The molecule has 1 atom stereocenters. The molecule has 1 N–H and O–H groups in total. The van der Waals surface area contributed by atoms with E-state index in [0.29, 0.717) is 19.5 Å². The van der Waals surface area contributed by atoms with Crippen molar-refractivity contribution in [2.75, 3.05) is 13.1 Å². The number of fused-ring (bicyclic) bond motifs is 1. The second-order valence-corrected chi connectivity index (χ2v) is 8.14. The van der Waals surface area contributed by atoms with Crippen molar-refractivity contribution in [2.24, 2.45) is 5.92 Å². The Morgan fingerprint density at radius 3 is 2.57 bits per heavy atom. The molecule has 0 aromatic heterocycles. The molecule has 0 bridgehead atoms. The average molecular weight is 401 g/mol. The van der Waals surface area contributed by atoms with Gasteiger partial charge in [-0.1, -0.05) is 66.7 Å². The van der Waals surface area contributed by atoms with E-state index in [1.807, 2.05) is 47.4 Å². The number of benzene rings is 3. The third kappa shape index (κ3) is 4.54. The van der Waals surface area contributed by atoms with E-state index in [1.54, 1.807) is 0 Å². The fourth-order valence-corrected chi connectivity index (χ4v) is 4.27. The zero-order valence-electron chi connectivity index (χ0n) is 17.4. The van der Waals surface area contributed by atoms with Crippen LogP contribution in [0.1, 0.15) is 29.5 Å². The van der Waals surface area contributed by atoms with Gasteiger partial charge in [0.1, 0.15) is 0 Å². The van der Waals surface area contributed by atoms with Gasteiger partial charge >= 0.3 is 0 Å². The van der Waals surface area contributed by atoms with E-state index in [0.717, 1.165) is 41.3 Å². The van der Waals surface area contributed by atoms with Crippen molar-refractivity contribution >= 4 is 22.6 Å². The quantitative estimate of drug-likeness (QED) is 0.696. The summed E-state index contributed by atoms with van der Waals surface area (Å²) in [5.41, 5.74) is 3.35. The first-order valence-corrected chi connectivity index (χ1v) is 10.7. The summed E-state index contributed by atoms with van der Waals surface area (Å²) in [5.74, 6) is 0.00269. The molecule has 1 saturated heterocycles. The van der Waals surface area contributed by atoms with Gasteiger partial charge in [-0.25, -0.2) is 0 Å². The van der Waals surface area contributed by atoms with E-state index in [-0.39, 0.29) is 17.7 Å². The summed E-state index contributed by atoms with van der Waals surface area (Å²) < 4.78 is 0. The number of hydrogen-bond donors (Lipinski definition) is 1. The van der Waals surface area contributed by atoms with Gasteiger partial charge in [0.25, 0.3) is 0 Å². The van der Waals surface area contributed by atoms with E-state index in [4.69, 9.17) is 0 Å². The normalized spacial score (nSPS) is 16.4. The number of likely N-dealkylation sites (tertiary alicyclic amines) is 1. The minimum Gasteiger partial charge on any atom is -0.352 e. The van der Waals surface area contributed by atoms with Crippen LogP contribution in [-0.4, -0.2) is 29.8 Å². The van der Waals surface area contributed by atoms with Crippen molar-refractivity contribution in [3.05, 3.63) is 83.4 Å². The molecule has 2 amide bonds. The molecule has 1 aliphatic rings. The van der Waals surface area contributed by atoms with Crippen molar-refractivity contribution in [2.45, 2.75) is 32.7 Å². The Balaban J connectivity index is 1.37. The van der Waals surface area contributed by atoms with Crippen LogP contribution in [0.2, 0.25) is 0 Å². The number of carbonyl (C=O) groups excluding carboxylic acids is 2. The van der Waals surface area contributed by atoms with Crippen LogP contribution in [0.15, 0.2) is 66.7 Å². The van der Waals surface area contributed by atoms with Gasteiger partial charge in [0.05, 0.1) is 12.3 Å². The minimum atomic E-state index is -0.140. The Bertz CT molecular complexity index is 1050. The first-order chi connectivity index (χ1) is 14.6. The third-order valence-corrected chi connectivity index (χ3v) is 6.08. The molecule has 1 heterocycles. The van der Waals surface area contributed by atoms with Crippen LogP contribution < -0.4 is 5.32 Å². The van der Waals surface area contributed by atoms with Gasteiger partial charge in [0.15, 0.2) is 0 Å². The van der Waals surface area contributed by atoms with Crippen molar-refractivity contribution in [3.8, 4) is 0 Å². The fourth-order valence-electron chi connectivity index (χ4n) is 4.27. The Morgan fingerprint density at radius 2 is 1.70 bits per heavy atom. The molecular weight excluding hydrogens is 372 g/mol. The van der Waals surface area contributed by atoms with Gasteiger partial charge in [-0.3, -0.25) is 9.59 Å². The van der Waals surface area contributed by atoms with Gasteiger partial charge in [0.2, 0.25) is 11.8 Å². The molecule has 1 fully saturated rings. The maximum absolute atomic E-state index is 13.0. The van der Waals surface area contributed by atoms with E-state index >= 15 is 0 Å². The zero-order chi connectivity index (χ0) is 20.9. The predicted molar refractivity (Wildman–Crippen MR) is 120 cm³/mol. The molecule has 4 heteroatoms. The topological polar surface area (TPSA) is 49.4 Å². The predicted octanol–water partition coefficient (Wildman–Crippen LogP) is 4.25. The van der Waals surface area contributed by atoms with E-state index < -0.39 is 0 Å². The lowest BCUT2D eigenvalue weighted by molar-refractivity contribution is -0.135. The number of rotatable bonds is 5. The highest BCUT2D eigenvalue weighted by Crippen LogP contribution is 2.22. The number of hydrogen-bond acceptors (Lipinski definition) is 2. The van der Waals surface area contributed by atoms with Crippen molar-refractivity contribution in [1.82, 2.24) is 10.2 Å². The summed E-state index contributed by atoms with van der Waals surface area (Å²) >= 11 is 0. The number of piperidine rings is 1.